The lowest BCUT2D eigenvalue weighted by Gasteiger charge is -2.10. The molecule has 2 aromatic heterocycles. The van der Waals surface area contributed by atoms with Crippen LogP contribution in [0.4, 0.5) is 0 Å². The Morgan fingerprint density at radius 3 is 2.77 bits per heavy atom. The molecule has 0 aliphatic heterocycles. The highest BCUT2D eigenvalue weighted by atomic mass is 16.6. The van der Waals surface area contributed by atoms with Gasteiger partial charge in [-0.15, -0.1) is 0 Å². The van der Waals surface area contributed by atoms with E-state index in [2.05, 4.69) is 4.98 Å². The molecule has 134 valence electrons. The van der Waals surface area contributed by atoms with Gasteiger partial charge in [-0.3, -0.25) is 9.20 Å². The summed E-state index contributed by atoms with van der Waals surface area (Å²) in [7, 11) is 0. The van der Waals surface area contributed by atoms with E-state index in [0.717, 1.165) is 16.7 Å². The minimum absolute atomic E-state index is 0.0748. The summed E-state index contributed by atoms with van der Waals surface area (Å²) in [6.07, 6.45) is 1.72. The van der Waals surface area contributed by atoms with Crippen LogP contribution >= 0.6 is 0 Å². The zero-order chi connectivity index (χ0) is 18.7. The molecule has 26 heavy (non-hydrogen) atoms. The maximum absolute atomic E-state index is 12.1. The monoisotopic (exact) mass is 352 g/mol. The Labute approximate surface area is 151 Å². The Hall–Kier alpha value is -3.15. The maximum atomic E-state index is 12.1. The second-order valence-corrected chi connectivity index (χ2v) is 6.17. The van der Waals surface area contributed by atoms with Gasteiger partial charge in [-0.2, -0.15) is 0 Å². The number of esters is 1. The lowest BCUT2D eigenvalue weighted by molar-refractivity contribution is -0.147. The van der Waals surface area contributed by atoms with Crippen molar-refractivity contribution >= 4 is 11.6 Å². The van der Waals surface area contributed by atoms with Crippen molar-refractivity contribution in [1.82, 2.24) is 9.38 Å². The number of aromatic nitrogens is 2. The molecule has 2 heterocycles. The van der Waals surface area contributed by atoms with E-state index in [-0.39, 0.29) is 18.8 Å². The van der Waals surface area contributed by atoms with Crippen molar-refractivity contribution in [2.45, 2.75) is 27.4 Å². The predicted molar refractivity (Wildman–Crippen MR) is 97.4 cm³/mol. The summed E-state index contributed by atoms with van der Waals surface area (Å²) in [5.41, 5.74) is 3.74. The van der Waals surface area contributed by atoms with E-state index in [9.17, 15) is 9.59 Å². The Bertz CT molecular complexity index is 1020. The normalized spacial score (nSPS) is 10.7. The SMILES string of the molecule is Cc1ccc2nc(COC(=O)COc3cccc(C)c3C)cc(=O)n2c1. The Morgan fingerprint density at radius 2 is 1.96 bits per heavy atom. The molecule has 3 aromatic rings. The Balaban J connectivity index is 1.62. The van der Waals surface area contributed by atoms with Crippen molar-refractivity contribution in [3.05, 3.63) is 75.3 Å². The summed E-state index contributed by atoms with van der Waals surface area (Å²) < 4.78 is 12.1. The number of aryl methyl sites for hydroxylation is 2. The maximum Gasteiger partial charge on any atom is 0.344 e. The average Bonchev–Trinajstić information content (AvgIpc) is 2.62. The van der Waals surface area contributed by atoms with Gasteiger partial charge in [-0.25, -0.2) is 9.78 Å². The fourth-order valence-electron chi connectivity index (χ4n) is 2.55. The highest BCUT2D eigenvalue weighted by Gasteiger charge is 2.09. The predicted octanol–water partition coefficient (Wildman–Crippen LogP) is 2.74. The lowest BCUT2D eigenvalue weighted by atomic mass is 10.1. The van der Waals surface area contributed by atoms with Crippen LogP contribution in [0, 0.1) is 20.8 Å². The molecular formula is C20H20N2O4. The van der Waals surface area contributed by atoms with Crippen molar-refractivity contribution in [3.63, 3.8) is 0 Å². The molecule has 0 unspecified atom stereocenters. The van der Waals surface area contributed by atoms with Crippen LogP contribution < -0.4 is 10.3 Å². The first-order valence-electron chi connectivity index (χ1n) is 8.27. The number of carbonyl (C=O) groups excluding carboxylic acids is 1. The second kappa shape index (κ2) is 7.39. The van der Waals surface area contributed by atoms with Gasteiger partial charge >= 0.3 is 5.97 Å². The minimum atomic E-state index is -0.517. The van der Waals surface area contributed by atoms with E-state index in [0.29, 0.717) is 17.1 Å². The molecule has 3 rings (SSSR count). The fraction of sp³-hybridized carbons (Fsp3) is 0.250. The third-order valence-corrected chi connectivity index (χ3v) is 4.14. The molecule has 0 saturated carbocycles. The quantitative estimate of drug-likeness (QED) is 0.661. The number of ether oxygens (including phenoxy) is 2. The number of carbonyl (C=O) groups is 1. The molecule has 0 saturated heterocycles. The third-order valence-electron chi connectivity index (χ3n) is 4.14. The standard InChI is InChI=1S/C20H20N2O4/c1-13-7-8-18-21-16(9-19(23)22(18)10-13)11-26-20(24)12-25-17-6-4-5-14(2)15(17)3/h4-10H,11-12H2,1-3H3. The summed E-state index contributed by atoms with van der Waals surface area (Å²) in [6, 6.07) is 10.7. The van der Waals surface area contributed by atoms with Crippen LogP contribution in [0.15, 0.2) is 47.4 Å². The third kappa shape index (κ3) is 3.91. The molecular weight excluding hydrogens is 332 g/mol. The number of hydrogen-bond acceptors (Lipinski definition) is 5. The molecule has 0 amide bonds. The zero-order valence-electron chi connectivity index (χ0n) is 15.0. The molecule has 1 aromatic carbocycles. The van der Waals surface area contributed by atoms with Crippen molar-refractivity contribution in [3.8, 4) is 5.75 Å². The summed E-state index contributed by atoms with van der Waals surface area (Å²) >= 11 is 0. The van der Waals surface area contributed by atoms with Crippen LogP contribution in [0.3, 0.4) is 0 Å². The van der Waals surface area contributed by atoms with Gasteiger partial charge in [0.15, 0.2) is 6.61 Å². The van der Waals surface area contributed by atoms with Gasteiger partial charge in [-0.1, -0.05) is 18.2 Å². The lowest BCUT2D eigenvalue weighted by Crippen LogP contribution is -2.19. The minimum Gasteiger partial charge on any atom is -0.482 e. The number of rotatable bonds is 5. The topological polar surface area (TPSA) is 69.9 Å². The van der Waals surface area contributed by atoms with Gasteiger partial charge in [-0.05, 0) is 49.6 Å². The van der Waals surface area contributed by atoms with Crippen molar-refractivity contribution in [2.24, 2.45) is 0 Å². The van der Waals surface area contributed by atoms with Crippen LogP contribution in [-0.2, 0) is 16.1 Å². The first kappa shape index (κ1) is 17.7. The van der Waals surface area contributed by atoms with Gasteiger partial charge in [0.1, 0.15) is 18.0 Å². The van der Waals surface area contributed by atoms with Gasteiger partial charge in [0.2, 0.25) is 0 Å². The molecule has 0 fully saturated rings. The summed E-state index contributed by atoms with van der Waals surface area (Å²) in [5, 5.41) is 0. The second-order valence-electron chi connectivity index (χ2n) is 6.17. The zero-order valence-corrected chi connectivity index (χ0v) is 15.0. The summed E-state index contributed by atoms with van der Waals surface area (Å²) in [6.45, 7) is 5.54. The molecule has 6 nitrogen and oxygen atoms in total. The average molecular weight is 352 g/mol. The first-order chi connectivity index (χ1) is 12.4. The number of nitrogens with zero attached hydrogens (tertiary/aromatic N) is 2. The Kier molecular flexibility index (Phi) is 5.02. The van der Waals surface area contributed by atoms with Gasteiger partial charge < -0.3 is 9.47 Å². The van der Waals surface area contributed by atoms with E-state index in [1.165, 1.54) is 10.5 Å². The largest absolute Gasteiger partial charge is 0.482 e. The molecule has 0 spiro atoms. The van der Waals surface area contributed by atoms with Crippen LogP contribution in [0.2, 0.25) is 0 Å². The first-order valence-corrected chi connectivity index (χ1v) is 8.27. The number of benzene rings is 1. The van der Waals surface area contributed by atoms with Crippen LogP contribution in [0.1, 0.15) is 22.4 Å². The van der Waals surface area contributed by atoms with Crippen LogP contribution in [0.5, 0.6) is 5.75 Å². The molecule has 0 N–H and O–H groups in total. The number of hydrogen-bond donors (Lipinski definition) is 0. The smallest absolute Gasteiger partial charge is 0.344 e. The molecule has 0 atom stereocenters. The van der Waals surface area contributed by atoms with Crippen molar-refractivity contribution in [1.29, 1.82) is 0 Å². The molecule has 6 heteroatoms. The Morgan fingerprint density at radius 1 is 1.15 bits per heavy atom. The fourth-order valence-corrected chi connectivity index (χ4v) is 2.55. The molecule has 0 aliphatic carbocycles. The number of fused-ring (bicyclic) bond motifs is 1. The summed E-state index contributed by atoms with van der Waals surface area (Å²) in [5.74, 6) is 0.135. The van der Waals surface area contributed by atoms with E-state index < -0.39 is 5.97 Å². The summed E-state index contributed by atoms with van der Waals surface area (Å²) in [4.78, 5) is 28.4. The number of pyridine rings is 1. The van der Waals surface area contributed by atoms with E-state index >= 15 is 0 Å². The van der Waals surface area contributed by atoms with E-state index in [1.54, 1.807) is 12.3 Å². The van der Waals surface area contributed by atoms with Crippen LogP contribution in [0.25, 0.3) is 5.65 Å². The molecule has 0 radical (unpaired) electrons. The van der Waals surface area contributed by atoms with E-state index in [1.807, 2.05) is 45.0 Å². The van der Waals surface area contributed by atoms with Crippen molar-refractivity contribution in [2.75, 3.05) is 6.61 Å². The van der Waals surface area contributed by atoms with Gasteiger partial charge in [0, 0.05) is 12.3 Å². The molecule has 0 aliphatic rings. The van der Waals surface area contributed by atoms with Gasteiger partial charge in [0.05, 0.1) is 5.69 Å². The highest BCUT2D eigenvalue weighted by Crippen LogP contribution is 2.20. The van der Waals surface area contributed by atoms with Gasteiger partial charge in [0.25, 0.3) is 5.56 Å². The highest BCUT2D eigenvalue weighted by molar-refractivity contribution is 5.71. The van der Waals surface area contributed by atoms with E-state index in [4.69, 9.17) is 9.47 Å². The molecule has 0 bridgehead atoms. The van der Waals surface area contributed by atoms with Crippen LogP contribution in [-0.4, -0.2) is 22.0 Å². The van der Waals surface area contributed by atoms with Crippen molar-refractivity contribution < 1.29 is 14.3 Å².